The van der Waals surface area contributed by atoms with Gasteiger partial charge in [0.05, 0.1) is 34.0 Å². The van der Waals surface area contributed by atoms with E-state index in [2.05, 4.69) is 20.8 Å². The van der Waals surface area contributed by atoms with Crippen LogP contribution in [0, 0.1) is 0 Å². The van der Waals surface area contributed by atoms with Crippen molar-refractivity contribution < 1.29 is 17.9 Å². The van der Waals surface area contributed by atoms with Crippen LogP contribution in [-0.4, -0.2) is 53.9 Å². The van der Waals surface area contributed by atoms with Crippen LogP contribution in [0.1, 0.15) is 16.8 Å². The van der Waals surface area contributed by atoms with Gasteiger partial charge in [0.2, 0.25) is 0 Å². The predicted molar refractivity (Wildman–Crippen MR) is 106 cm³/mol. The SMILES string of the molecule is COc1cc(-n2cnnn2)c(Cl)cc1C(=O)NCCCS(=O)(=O)c1ccccc1. The number of methoxy groups -OCH3 is 1. The molecule has 1 N–H and O–H groups in total. The van der Waals surface area contributed by atoms with Crippen molar-refractivity contribution in [2.45, 2.75) is 11.3 Å². The first-order chi connectivity index (χ1) is 13.9. The summed E-state index contributed by atoms with van der Waals surface area (Å²) >= 11 is 6.25. The summed E-state index contributed by atoms with van der Waals surface area (Å²) in [6.45, 7) is 0.181. The van der Waals surface area contributed by atoms with Crippen molar-refractivity contribution in [2.24, 2.45) is 0 Å². The third-order valence-corrected chi connectivity index (χ3v) is 6.21. The number of ether oxygens (including phenoxy) is 1. The normalized spacial score (nSPS) is 11.2. The molecule has 3 aromatic rings. The van der Waals surface area contributed by atoms with E-state index in [0.717, 1.165) is 0 Å². The summed E-state index contributed by atoms with van der Waals surface area (Å²) in [7, 11) is -1.97. The van der Waals surface area contributed by atoms with E-state index >= 15 is 0 Å². The third kappa shape index (κ3) is 4.90. The minimum Gasteiger partial charge on any atom is -0.496 e. The number of aromatic nitrogens is 4. The average molecular weight is 436 g/mol. The van der Waals surface area contributed by atoms with E-state index in [1.54, 1.807) is 36.4 Å². The second kappa shape index (κ2) is 9.01. The molecule has 0 atom stereocenters. The Kier molecular flexibility index (Phi) is 6.45. The van der Waals surface area contributed by atoms with Crippen LogP contribution in [0.15, 0.2) is 53.7 Å². The molecule has 0 radical (unpaired) electrons. The first-order valence-corrected chi connectivity index (χ1v) is 10.6. The third-order valence-electron chi connectivity index (χ3n) is 4.09. The largest absolute Gasteiger partial charge is 0.496 e. The zero-order chi connectivity index (χ0) is 20.9. The van der Waals surface area contributed by atoms with Gasteiger partial charge in [-0.3, -0.25) is 4.79 Å². The number of hydrogen-bond donors (Lipinski definition) is 1. The van der Waals surface area contributed by atoms with Crippen molar-refractivity contribution >= 4 is 27.3 Å². The fraction of sp³-hybridized carbons (Fsp3) is 0.222. The molecule has 152 valence electrons. The Morgan fingerprint density at radius 1 is 1.24 bits per heavy atom. The molecule has 1 amide bonds. The lowest BCUT2D eigenvalue weighted by atomic mass is 10.1. The number of rotatable bonds is 8. The maximum Gasteiger partial charge on any atom is 0.255 e. The molecule has 9 nitrogen and oxygen atoms in total. The highest BCUT2D eigenvalue weighted by Crippen LogP contribution is 2.29. The van der Waals surface area contributed by atoms with Crippen molar-refractivity contribution in [3.8, 4) is 11.4 Å². The number of sulfone groups is 1. The maximum absolute atomic E-state index is 12.5. The van der Waals surface area contributed by atoms with Crippen molar-refractivity contribution in [2.75, 3.05) is 19.4 Å². The van der Waals surface area contributed by atoms with Gasteiger partial charge < -0.3 is 10.1 Å². The smallest absolute Gasteiger partial charge is 0.255 e. The van der Waals surface area contributed by atoms with Gasteiger partial charge in [-0.1, -0.05) is 29.8 Å². The Morgan fingerprint density at radius 2 is 2.00 bits per heavy atom. The Bertz CT molecular complexity index is 1090. The Hall–Kier alpha value is -2.98. The first-order valence-electron chi connectivity index (χ1n) is 8.59. The van der Waals surface area contributed by atoms with Gasteiger partial charge in [0.25, 0.3) is 5.91 Å². The fourth-order valence-electron chi connectivity index (χ4n) is 2.64. The molecule has 0 unspecified atom stereocenters. The van der Waals surface area contributed by atoms with Crippen LogP contribution in [0.3, 0.4) is 0 Å². The molecule has 0 fully saturated rings. The van der Waals surface area contributed by atoms with Crippen molar-refractivity contribution in [3.05, 3.63) is 59.4 Å². The molecule has 3 rings (SSSR count). The Labute approximate surface area is 172 Å². The topological polar surface area (TPSA) is 116 Å². The van der Waals surface area contributed by atoms with E-state index < -0.39 is 15.7 Å². The molecule has 0 saturated heterocycles. The summed E-state index contributed by atoms with van der Waals surface area (Å²) in [5, 5.41) is 13.8. The van der Waals surface area contributed by atoms with E-state index in [1.165, 1.54) is 24.2 Å². The molecule has 2 aromatic carbocycles. The molecular weight excluding hydrogens is 418 g/mol. The number of tetrazole rings is 1. The van der Waals surface area contributed by atoms with Crippen molar-refractivity contribution in [1.82, 2.24) is 25.5 Å². The Balaban J connectivity index is 1.64. The minimum absolute atomic E-state index is 0.0760. The van der Waals surface area contributed by atoms with E-state index in [9.17, 15) is 13.2 Å². The van der Waals surface area contributed by atoms with Gasteiger partial charge >= 0.3 is 0 Å². The fourth-order valence-corrected chi connectivity index (χ4v) is 4.22. The second-order valence-corrected chi connectivity index (χ2v) is 8.52. The number of carbonyl (C=O) groups excluding carboxylic acids is 1. The van der Waals surface area contributed by atoms with Gasteiger partial charge in [0.1, 0.15) is 12.1 Å². The first kappa shape index (κ1) is 20.7. The van der Waals surface area contributed by atoms with Gasteiger partial charge in [-0.15, -0.1) is 5.10 Å². The number of benzene rings is 2. The molecule has 1 aromatic heterocycles. The Morgan fingerprint density at radius 3 is 2.66 bits per heavy atom. The average Bonchev–Trinajstić information content (AvgIpc) is 3.26. The van der Waals surface area contributed by atoms with Crippen LogP contribution in [-0.2, 0) is 9.84 Å². The van der Waals surface area contributed by atoms with Gasteiger partial charge in [-0.2, -0.15) is 4.68 Å². The number of nitrogens with one attached hydrogen (secondary N) is 1. The summed E-state index contributed by atoms with van der Waals surface area (Å²) in [4.78, 5) is 12.8. The summed E-state index contributed by atoms with van der Waals surface area (Å²) in [6, 6.07) is 11.2. The molecule has 11 heteroatoms. The lowest BCUT2D eigenvalue weighted by molar-refractivity contribution is 0.0950. The summed E-state index contributed by atoms with van der Waals surface area (Å²) < 4.78 is 31.2. The highest BCUT2D eigenvalue weighted by molar-refractivity contribution is 7.91. The van der Waals surface area contributed by atoms with Gasteiger partial charge in [-0.05, 0) is 35.0 Å². The van der Waals surface area contributed by atoms with Gasteiger partial charge in [0.15, 0.2) is 9.84 Å². The predicted octanol–water partition coefficient (Wildman–Crippen LogP) is 1.92. The van der Waals surface area contributed by atoms with Crippen LogP contribution in [0.4, 0.5) is 0 Å². The minimum atomic E-state index is -3.39. The number of carbonyl (C=O) groups is 1. The quantitative estimate of drug-likeness (QED) is 0.537. The number of amides is 1. The highest BCUT2D eigenvalue weighted by atomic mass is 35.5. The number of halogens is 1. The molecular formula is C18H18ClN5O4S. The zero-order valence-corrected chi connectivity index (χ0v) is 17.0. The van der Waals surface area contributed by atoms with E-state index in [0.29, 0.717) is 5.69 Å². The number of nitrogens with zero attached hydrogens (tertiary/aromatic N) is 4. The lowest BCUT2D eigenvalue weighted by Crippen LogP contribution is -2.26. The number of hydrogen-bond acceptors (Lipinski definition) is 7. The molecule has 0 saturated carbocycles. The molecule has 0 aliphatic rings. The van der Waals surface area contributed by atoms with Crippen molar-refractivity contribution in [3.63, 3.8) is 0 Å². The van der Waals surface area contributed by atoms with Crippen LogP contribution >= 0.6 is 11.6 Å². The van der Waals surface area contributed by atoms with E-state index in [1.807, 2.05) is 0 Å². The monoisotopic (exact) mass is 435 g/mol. The van der Waals surface area contributed by atoms with Crippen molar-refractivity contribution in [1.29, 1.82) is 0 Å². The molecule has 29 heavy (non-hydrogen) atoms. The molecule has 0 bridgehead atoms. The molecule has 0 spiro atoms. The van der Waals surface area contributed by atoms with Crippen LogP contribution in [0.5, 0.6) is 5.75 Å². The maximum atomic E-state index is 12.5. The highest BCUT2D eigenvalue weighted by Gasteiger charge is 2.18. The lowest BCUT2D eigenvalue weighted by Gasteiger charge is -2.12. The van der Waals surface area contributed by atoms with Gasteiger partial charge in [-0.25, -0.2) is 8.42 Å². The standard InChI is InChI=1S/C18H18ClN5O4S/c1-28-17-11-16(24-12-21-22-23-24)15(19)10-14(17)18(25)20-8-5-9-29(26,27)13-6-3-2-4-7-13/h2-4,6-7,10-12H,5,8-9H2,1H3,(H,20,25). The summed E-state index contributed by atoms with van der Waals surface area (Å²) in [5.41, 5.74) is 0.680. The second-order valence-electron chi connectivity index (χ2n) is 6.00. The summed E-state index contributed by atoms with van der Waals surface area (Å²) in [6.07, 6.45) is 1.63. The molecule has 0 aliphatic carbocycles. The van der Waals surface area contributed by atoms with E-state index in [4.69, 9.17) is 16.3 Å². The van der Waals surface area contributed by atoms with Crippen LogP contribution in [0.25, 0.3) is 5.69 Å². The molecule has 0 aliphatic heterocycles. The van der Waals surface area contributed by atoms with Crippen LogP contribution in [0.2, 0.25) is 5.02 Å². The van der Waals surface area contributed by atoms with Gasteiger partial charge in [0, 0.05) is 12.6 Å². The zero-order valence-electron chi connectivity index (χ0n) is 15.4. The van der Waals surface area contributed by atoms with Crippen LogP contribution < -0.4 is 10.1 Å². The van der Waals surface area contributed by atoms with E-state index in [-0.39, 0.29) is 39.9 Å². The molecule has 1 heterocycles. The summed E-state index contributed by atoms with van der Waals surface area (Å²) in [5.74, 6) is -0.216.